The minimum atomic E-state index is -0.853. The summed E-state index contributed by atoms with van der Waals surface area (Å²) in [5, 5.41) is 0. The summed E-state index contributed by atoms with van der Waals surface area (Å²) in [5.74, 6) is -0.489. The summed E-state index contributed by atoms with van der Waals surface area (Å²) in [4.78, 5) is 33.0. The van der Waals surface area contributed by atoms with Gasteiger partial charge < -0.3 is 19.0 Å². The van der Waals surface area contributed by atoms with Crippen molar-refractivity contribution in [3.63, 3.8) is 0 Å². The van der Waals surface area contributed by atoms with Crippen molar-refractivity contribution >= 4 is 34.7 Å². The van der Waals surface area contributed by atoms with Gasteiger partial charge in [-0.15, -0.1) is 0 Å². The quantitative estimate of drug-likeness (QED) is 0.480. The Morgan fingerprint density at radius 1 is 1.03 bits per heavy atom. The van der Waals surface area contributed by atoms with Crippen LogP contribution in [0.1, 0.15) is 12.8 Å². The maximum Gasteiger partial charge on any atom is 0.331 e. The topological polar surface area (TPSA) is 75.9 Å². The number of amides is 1. The van der Waals surface area contributed by atoms with E-state index in [2.05, 4.69) is 22.0 Å². The highest BCUT2D eigenvalue weighted by Gasteiger charge is 2.26. The lowest BCUT2D eigenvalue weighted by atomic mass is 10.2. The number of carbonyl (C=O) groups is 2. The first-order chi connectivity index (χ1) is 14.6. The smallest absolute Gasteiger partial charge is 0.331 e. The second kappa shape index (κ2) is 8.82. The zero-order valence-electron chi connectivity index (χ0n) is 16.7. The molecule has 1 atom stereocenters. The lowest BCUT2D eigenvalue weighted by molar-refractivity contribution is -0.155. The van der Waals surface area contributed by atoms with Gasteiger partial charge in [0.15, 0.2) is 11.7 Å². The molecule has 154 valence electrons. The van der Waals surface area contributed by atoms with Crippen molar-refractivity contribution in [1.29, 1.82) is 0 Å². The summed E-state index contributed by atoms with van der Waals surface area (Å²) in [6, 6.07) is 17.4. The third-order valence-corrected chi connectivity index (χ3v) is 5.03. The predicted octanol–water partition coefficient (Wildman–Crippen LogP) is 3.12. The fourth-order valence-corrected chi connectivity index (χ4v) is 3.45. The molecule has 1 fully saturated rings. The highest BCUT2D eigenvalue weighted by molar-refractivity contribution is 5.90. The number of benzene rings is 2. The van der Waals surface area contributed by atoms with E-state index in [0.29, 0.717) is 30.1 Å². The molecule has 2 aromatic carbocycles. The number of esters is 1. The van der Waals surface area contributed by atoms with Gasteiger partial charge in [-0.05, 0) is 31.2 Å². The van der Waals surface area contributed by atoms with Crippen LogP contribution in [0.25, 0.3) is 17.2 Å². The molecular weight excluding hydrogens is 382 g/mol. The molecule has 0 bridgehead atoms. The third kappa shape index (κ3) is 4.51. The van der Waals surface area contributed by atoms with Crippen LogP contribution in [0.2, 0.25) is 0 Å². The van der Waals surface area contributed by atoms with Gasteiger partial charge in [-0.1, -0.05) is 30.3 Å². The molecule has 0 spiro atoms. The van der Waals surface area contributed by atoms with Crippen molar-refractivity contribution in [2.75, 3.05) is 31.1 Å². The summed E-state index contributed by atoms with van der Waals surface area (Å²) in [6.07, 6.45) is 1.81. The van der Waals surface area contributed by atoms with E-state index >= 15 is 0 Å². The fourth-order valence-electron chi connectivity index (χ4n) is 3.45. The minimum absolute atomic E-state index is 0.189. The van der Waals surface area contributed by atoms with Gasteiger partial charge in [0.2, 0.25) is 5.89 Å². The van der Waals surface area contributed by atoms with Gasteiger partial charge in [-0.2, -0.15) is 0 Å². The molecule has 30 heavy (non-hydrogen) atoms. The largest absolute Gasteiger partial charge is 0.449 e. The van der Waals surface area contributed by atoms with Crippen LogP contribution in [0, 0.1) is 0 Å². The highest BCUT2D eigenvalue weighted by Crippen LogP contribution is 2.17. The van der Waals surface area contributed by atoms with Crippen LogP contribution in [0.5, 0.6) is 0 Å². The molecule has 4 rings (SSSR count). The van der Waals surface area contributed by atoms with Crippen LogP contribution < -0.4 is 4.90 Å². The van der Waals surface area contributed by atoms with Gasteiger partial charge in [-0.25, -0.2) is 9.78 Å². The summed E-state index contributed by atoms with van der Waals surface area (Å²) >= 11 is 0. The zero-order chi connectivity index (χ0) is 20.9. The first-order valence-electron chi connectivity index (χ1n) is 9.93. The van der Waals surface area contributed by atoms with Gasteiger partial charge >= 0.3 is 5.97 Å². The van der Waals surface area contributed by atoms with Crippen molar-refractivity contribution in [2.24, 2.45) is 0 Å². The normalized spacial score (nSPS) is 15.5. The van der Waals surface area contributed by atoms with Crippen LogP contribution >= 0.6 is 0 Å². The number of nitrogens with zero attached hydrogens (tertiary/aromatic N) is 3. The molecule has 7 nitrogen and oxygen atoms in total. The van der Waals surface area contributed by atoms with E-state index in [-0.39, 0.29) is 5.91 Å². The van der Waals surface area contributed by atoms with Crippen LogP contribution in [0.15, 0.2) is 65.1 Å². The Labute approximate surface area is 174 Å². The van der Waals surface area contributed by atoms with Crippen molar-refractivity contribution < 1.29 is 18.7 Å². The van der Waals surface area contributed by atoms with Crippen LogP contribution in [0.3, 0.4) is 0 Å². The number of hydrogen-bond acceptors (Lipinski definition) is 6. The summed E-state index contributed by atoms with van der Waals surface area (Å²) < 4.78 is 10.8. The van der Waals surface area contributed by atoms with Crippen molar-refractivity contribution in [2.45, 2.75) is 13.0 Å². The number of aromatic nitrogens is 1. The fraction of sp³-hybridized carbons (Fsp3) is 0.261. The second-order valence-electron chi connectivity index (χ2n) is 7.08. The molecule has 1 saturated heterocycles. The van der Waals surface area contributed by atoms with E-state index in [4.69, 9.17) is 9.15 Å². The third-order valence-electron chi connectivity index (χ3n) is 5.03. The van der Waals surface area contributed by atoms with E-state index in [1.165, 1.54) is 12.2 Å². The number of rotatable bonds is 5. The Morgan fingerprint density at radius 3 is 2.47 bits per heavy atom. The number of ether oxygens (including phenoxy) is 1. The van der Waals surface area contributed by atoms with Gasteiger partial charge in [0, 0.05) is 44.0 Å². The Hall–Kier alpha value is -3.61. The van der Waals surface area contributed by atoms with Crippen LogP contribution in [-0.4, -0.2) is 54.0 Å². The number of para-hydroxylation sites is 3. The average molecular weight is 405 g/mol. The van der Waals surface area contributed by atoms with E-state index < -0.39 is 12.1 Å². The lowest BCUT2D eigenvalue weighted by Gasteiger charge is -2.36. The maximum absolute atomic E-state index is 12.6. The molecule has 7 heteroatoms. The van der Waals surface area contributed by atoms with E-state index in [9.17, 15) is 9.59 Å². The number of fused-ring (bicyclic) bond motifs is 1. The van der Waals surface area contributed by atoms with Gasteiger partial charge in [0.25, 0.3) is 5.91 Å². The number of oxazole rings is 1. The molecule has 3 aromatic rings. The Kier molecular flexibility index (Phi) is 5.79. The molecule has 0 unspecified atom stereocenters. The standard InChI is InChI=1S/C23H23N3O4/c1-17(23(28)26-15-13-25(14-16-26)18-7-3-2-4-8-18)29-22(27)12-11-21-24-19-9-5-6-10-20(19)30-21/h2-12,17H,13-16H2,1H3/b12-11+/t17-/m1/s1. The molecule has 1 aliphatic rings. The first kappa shape index (κ1) is 19.7. The predicted molar refractivity (Wildman–Crippen MR) is 114 cm³/mol. The number of anilines is 1. The van der Waals surface area contributed by atoms with Crippen molar-refractivity contribution in [3.8, 4) is 0 Å². The molecule has 1 amide bonds. The Morgan fingerprint density at radius 2 is 1.73 bits per heavy atom. The highest BCUT2D eigenvalue weighted by atomic mass is 16.5. The molecule has 1 aromatic heterocycles. The van der Waals surface area contributed by atoms with Gasteiger partial charge in [0.1, 0.15) is 5.52 Å². The van der Waals surface area contributed by atoms with Crippen LogP contribution in [-0.2, 0) is 14.3 Å². The van der Waals surface area contributed by atoms with Crippen molar-refractivity contribution in [3.05, 3.63) is 66.6 Å². The number of hydrogen-bond donors (Lipinski definition) is 0. The molecular formula is C23H23N3O4. The molecule has 0 aliphatic carbocycles. The monoisotopic (exact) mass is 405 g/mol. The molecule has 0 saturated carbocycles. The van der Waals surface area contributed by atoms with E-state index in [1.54, 1.807) is 17.9 Å². The molecule has 1 aliphatic heterocycles. The van der Waals surface area contributed by atoms with Gasteiger partial charge in [-0.3, -0.25) is 4.79 Å². The lowest BCUT2D eigenvalue weighted by Crippen LogP contribution is -2.51. The summed E-state index contributed by atoms with van der Waals surface area (Å²) in [7, 11) is 0. The SMILES string of the molecule is C[C@@H](OC(=O)/C=C/c1nc2ccccc2o1)C(=O)N1CCN(c2ccccc2)CC1. The second-order valence-corrected chi connectivity index (χ2v) is 7.08. The van der Waals surface area contributed by atoms with E-state index in [1.807, 2.05) is 36.4 Å². The first-order valence-corrected chi connectivity index (χ1v) is 9.93. The Balaban J connectivity index is 1.28. The zero-order valence-corrected chi connectivity index (χ0v) is 16.7. The van der Waals surface area contributed by atoms with Crippen LogP contribution in [0.4, 0.5) is 5.69 Å². The maximum atomic E-state index is 12.6. The number of piperazine rings is 1. The van der Waals surface area contributed by atoms with Crippen molar-refractivity contribution in [1.82, 2.24) is 9.88 Å². The average Bonchev–Trinajstić information content (AvgIpc) is 3.21. The van der Waals surface area contributed by atoms with E-state index in [0.717, 1.165) is 18.8 Å². The summed E-state index contributed by atoms with van der Waals surface area (Å²) in [6.45, 7) is 4.27. The summed E-state index contributed by atoms with van der Waals surface area (Å²) in [5.41, 5.74) is 2.50. The number of carbonyl (C=O) groups excluding carboxylic acids is 2. The molecule has 2 heterocycles. The van der Waals surface area contributed by atoms with Gasteiger partial charge in [0.05, 0.1) is 0 Å². The molecule has 0 radical (unpaired) electrons. The minimum Gasteiger partial charge on any atom is -0.449 e. The molecule has 0 N–H and O–H groups in total. The Bertz CT molecular complexity index is 1020.